The first-order chi connectivity index (χ1) is 9.99. The Balaban J connectivity index is 1.96. The van der Waals surface area contributed by atoms with Crippen LogP contribution in [-0.2, 0) is 11.3 Å². The second-order valence-corrected chi connectivity index (χ2v) is 5.86. The van der Waals surface area contributed by atoms with Crippen molar-refractivity contribution in [3.63, 3.8) is 0 Å². The van der Waals surface area contributed by atoms with Crippen LogP contribution < -0.4 is 10.2 Å². The predicted octanol–water partition coefficient (Wildman–Crippen LogP) is 0.809. The molecule has 1 aromatic rings. The summed E-state index contributed by atoms with van der Waals surface area (Å²) in [6, 6.07) is 2.04. The zero-order chi connectivity index (χ0) is 15.4. The van der Waals surface area contributed by atoms with Gasteiger partial charge in [-0.05, 0) is 38.9 Å². The summed E-state index contributed by atoms with van der Waals surface area (Å²) in [6.45, 7) is 4.71. The Bertz CT molecular complexity index is 495. The molecule has 1 aliphatic rings. The fourth-order valence-electron chi connectivity index (χ4n) is 2.68. The number of hydrogen-bond donors (Lipinski definition) is 1. The molecule has 0 unspecified atom stereocenters. The van der Waals surface area contributed by atoms with Crippen molar-refractivity contribution in [2.24, 2.45) is 5.92 Å². The van der Waals surface area contributed by atoms with E-state index in [1.807, 2.05) is 32.0 Å². The van der Waals surface area contributed by atoms with Gasteiger partial charge in [-0.25, -0.2) is 9.97 Å². The molecule has 0 aliphatic carbocycles. The number of carbonyl (C=O) groups is 1. The maximum Gasteiger partial charge on any atom is 0.225 e. The fourth-order valence-corrected chi connectivity index (χ4v) is 2.68. The summed E-state index contributed by atoms with van der Waals surface area (Å²) in [5.74, 6) is 1.09. The van der Waals surface area contributed by atoms with Crippen molar-refractivity contribution < 1.29 is 4.79 Å². The maximum absolute atomic E-state index is 11.6. The zero-order valence-corrected chi connectivity index (χ0v) is 13.4. The highest BCUT2D eigenvalue weighted by Gasteiger charge is 2.24. The maximum atomic E-state index is 11.6. The molecule has 1 aliphatic heterocycles. The van der Waals surface area contributed by atoms with Crippen LogP contribution in [0.15, 0.2) is 6.07 Å². The summed E-state index contributed by atoms with van der Waals surface area (Å²) in [7, 11) is 5.61. The normalized spacial score (nSPS) is 16.8. The van der Waals surface area contributed by atoms with Gasteiger partial charge in [0, 0.05) is 39.3 Å². The van der Waals surface area contributed by atoms with Crippen LogP contribution in [0.4, 0.5) is 5.95 Å². The van der Waals surface area contributed by atoms with Gasteiger partial charge in [0.05, 0.1) is 5.69 Å². The van der Waals surface area contributed by atoms with E-state index in [4.69, 9.17) is 0 Å². The van der Waals surface area contributed by atoms with E-state index in [1.165, 1.54) is 0 Å². The highest BCUT2D eigenvalue weighted by atomic mass is 16.1. The lowest BCUT2D eigenvalue weighted by Crippen LogP contribution is -2.39. The summed E-state index contributed by atoms with van der Waals surface area (Å²) < 4.78 is 0. The van der Waals surface area contributed by atoms with Crippen LogP contribution in [-0.4, -0.2) is 55.0 Å². The van der Waals surface area contributed by atoms with E-state index in [0.29, 0.717) is 0 Å². The molecule has 1 fully saturated rings. The Labute approximate surface area is 126 Å². The van der Waals surface area contributed by atoms with Crippen LogP contribution in [0.5, 0.6) is 0 Å². The van der Waals surface area contributed by atoms with Crippen LogP contribution >= 0.6 is 0 Å². The number of amides is 1. The fraction of sp³-hybridized carbons (Fsp3) is 0.667. The number of aryl methyl sites for hydroxylation is 1. The Morgan fingerprint density at radius 1 is 1.38 bits per heavy atom. The van der Waals surface area contributed by atoms with Crippen LogP contribution in [0.25, 0.3) is 0 Å². The quantitative estimate of drug-likeness (QED) is 0.889. The molecule has 116 valence electrons. The van der Waals surface area contributed by atoms with Gasteiger partial charge < -0.3 is 10.2 Å². The van der Waals surface area contributed by atoms with Crippen molar-refractivity contribution in [1.29, 1.82) is 0 Å². The average molecular weight is 291 g/mol. The van der Waals surface area contributed by atoms with Gasteiger partial charge >= 0.3 is 0 Å². The first-order valence-electron chi connectivity index (χ1n) is 7.45. The number of rotatable bonds is 4. The van der Waals surface area contributed by atoms with E-state index in [-0.39, 0.29) is 11.8 Å². The van der Waals surface area contributed by atoms with Gasteiger partial charge in [-0.1, -0.05) is 0 Å². The summed E-state index contributed by atoms with van der Waals surface area (Å²) in [5.41, 5.74) is 2.04. The van der Waals surface area contributed by atoms with Gasteiger partial charge in [0.2, 0.25) is 11.9 Å². The van der Waals surface area contributed by atoms with Crippen LogP contribution in [0.1, 0.15) is 24.2 Å². The third kappa shape index (κ3) is 4.14. The van der Waals surface area contributed by atoms with E-state index in [0.717, 1.165) is 49.8 Å². The molecular weight excluding hydrogens is 266 g/mol. The standard InChI is InChI=1S/C15H25N5O/c1-11-9-13(18-15(17-11)19(3)4)10-20-7-5-12(6-8-20)14(21)16-2/h9,12H,5-8,10H2,1-4H3,(H,16,21). The molecule has 0 saturated carbocycles. The largest absolute Gasteiger partial charge is 0.359 e. The number of nitrogens with zero attached hydrogens (tertiary/aromatic N) is 4. The summed E-state index contributed by atoms with van der Waals surface area (Å²) in [5, 5.41) is 2.74. The number of piperidine rings is 1. The molecular formula is C15H25N5O. The Morgan fingerprint density at radius 2 is 2.05 bits per heavy atom. The summed E-state index contributed by atoms with van der Waals surface area (Å²) in [6.07, 6.45) is 1.84. The second kappa shape index (κ2) is 6.85. The molecule has 0 radical (unpaired) electrons. The predicted molar refractivity (Wildman–Crippen MR) is 83.2 cm³/mol. The molecule has 6 heteroatoms. The van der Waals surface area contributed by atoms with Crippen molar-refractivity contribution in [3.8, 4) is 0 Å². The van der Waals surface area contributed by atoms with Gasteiger partial charge in [-0.15, -0.1) is 0 Å². The number of hydrogen-bond acceptors (Lipinski definition) is 5. The van der Waals surface area contributed by atoms with Gasteiger partial charge in [-0.3, -0.25) is 9.69 Å². The molecule has 21 heavy (non-hydrogen) atoms. The number of likely N-dealkylation sites (tertiary alicyclic amines) is 1. The highest BCUT2D eigenvalue weighted by molar-refractivity contribution is 5.78. The van der Waals surface area contributed by atoms with Gasteiger partial charge in [0.15, 0.2) is 0 Å². The van der Waals surface area contributed by atoms with E-state index in [9.17, 15) is 4.79 Å². The van der Waals surface area contributed by atoms with Crippen molar-refractivity contribution in [3.05, 3.63) is 17.5 Å². The second-order valence-electron chi connectivity index (χ2n) is 5.86. The number of nitrogens with one attached hydrogen (secondary N) is 1. The number of carbonyl (C=O) groups excluding carboxylic acids is 1. The van der Waals surface area contributed by atoms with Gasteiger partial charge in [-0.2, -0.15) is 0 Å². The minimum absolute atomic E-state index is 0.163. The van der Waals surface area contributed by atoms with Crippen LogP contribution in [0.2, 0.25) is 0 Å². The van der Waals surface area contributed by atoms with E-state index < -0.39 is 0 Å². The minimum atomic E-state index is 0.163. The molecule has 0 aromatic carbocycles. The molecule has 2 heterocycles. The zero-order valence-electron chi connectivity index (χ0n) is 13.4. The first-order valence-corrected chi connectivity index (χ1v) is 7.45. The summed E-state index contributed by atoms with van der Waals surface area (Å²) >= 11 is 0. The molecule has 0 spiro atoms. The SMILES string of the molecule is CNC(=O)C1CCN(Cc2cc(C)nc(N(C)C)n2)CC1. The molecule has 0 atom stereocenters. The molecule has 0 bridgehead atoms. The van der Waals surface area contributed by atoms with E-state index >= 15 is 0 Å². The third-order valence-corrected chi connectivity index (χ3v) is 3.89. The smallest absolute Gasteiger partial charge is 0.225 e. The molecule has 1 N–H and O–H groups in total. The third-order valence-electron chi connectivity index (χ3n) is 3.89. The van der Waals surface area contributed by atoms with Crippen molar-refractivity contribution in [1.82, 2.24) is 20.2 Å². The lowest BCUT2D eigenvalue weighted by molar-refractivity contribution is -0.125. The van der Waals surface area contributed by atoms with Crippen LogP contribution in [0.3, 0.4) is 0 Å². The first kappa shape index (κ1) is 15.7. The van der Waals surface area contributed by atoms with Crippen molar-refractivity contribution in [2.45, 2.75) is 26.3 Å². The minimum Gasteiger partial charge on any atom is -0.359 e. The Hall–Kier alpha value is -1.69. The molecule has 1 amide bonds. The number of aromatic nitrogens is 2. The lowest BCUT2D eigenvalue weighted by atomic mass is 9.96. The van der Waals surface area contributed by atoms with Gasteiger partial charge in [0.25, 0.3) is 0 Å². The molecule has 1 saturated heterocycles. The van der Waals surface area contributed by atoms with Gasteiger partial charge in [0.1, 0.15) is 0 Å². The van der Waals surface area contributed by atoms with Crippen LogP contribution in [0, 0.1) is 12.8 Å². The number of anilines is 1. The lowest BCUT2D eigenvalue weighted by Gasteiger charge is -2.30. The van der Waals surface area contributed by atoms with E-state index in [1.54, 1.807) is 7.05 Å². The topological polar surface area (TPSA) is 61.4 Å². The molecule has 6 nitrogen and oxygen atoms in total. The van der Waals surface area contributed by atoms with Crippen molar-refractivity contribution in [2.75, 3.05) is 39.1 Å². The monoisotopic (exact) mass is 291 g/mol. The summed E-state index contributed by atoms with van der Waals surface area (Å²) in [4.78, 5) is 24.9. The molecule has 2 rings (SSSR count). The van der Waals surface area contributed by atoms with E-state index in [2.05, 4.69) is 20.2 Å². The Morgan fingerprint density at radius 3 is 2.62 bits per heavy atom. The average Bonchev–Trinajstić information content (AvgIpc) is 2.46. The molecule has 1 aromatic heterocycles. The Kier molecular flexibility index (Phi) is 5.12. The highest BCUT2D eigenvalue weighted by Crippen LogP contribution is 2.19. The van der Waals surface area contributed by atoms with Crippen molar-refractivity contribution >= 4 is 11.9 Å².